The van der Waals surface area contributed by atoms with Crippen molar-refractivity contribution in [3.05, 3.63) is 29.8 Å². The molecular weight excluding hydrogens is 206 g/mol. The molecule has 1 fully saturated rings. The Morgan fingerprint density at radius 1 is 1.40 bits per heavy atom. The minimum Gasteiger partial charge on any atom is -0.370 e. The molecule has 1 aliphatic heterocycles. The highest BCUT2D eigenvalue weighted by atomic mass is 32.2. The Kier molecular flexibility index (Phi) is 3.31. The van der Waals surface area contributed by atoms with Crippen molar-refractivity contribution in [3.63, 3.8) is 0 Å². The van der Waals surface area contributed by atoms with Gasteiger partial charge in [0.15, 0.2) is 0 Å². The summed E-state index contributed by atoms with van der Waals surface area (Å²) in [6.45, 7) is 4.47. The van der Waals surface area contributed by atoms with Gasteiger partial charge in [-0.25, -0.2) is 0 Å². The van der Waals surface area contributed by atoms with Gasteiger partial charge < -0.3 is 4.90 Å². The molecule has 0 saturated carbocycles. The summed E-state index contributed by atoms with van der Waals surface area (Å²) >= 11 is 2.03. The molecular formula is C12H15NOS. The zero-order chi connectivity index (χ0) is 10.7. The summed E-state index contributed by atoms with van der Waals surface area (Å²) in [7, 11) is 0. The Hall–Kier alpha value is -0.960. The molecule has 3 heteroatoms. The fraction of sp³-hybridized carbons (Fsp3) is 0.417. The maximum Gasteiger partial charge on any atom is 0.150 e. The van der Waals surface area contributed by atoms with Crippen LogP contribution in [0.1, 0.15) is 17.3 Å². The Balaban J connectivity index is 2.11. The molecule has 0 aromatic heterocycles. The first kappa shape index (κ1) is 10.6. The van der Waals surface area contributed by atoms with E-state index in [1.54, 1.807) is 0 Å². The lowest BCUT2D eigenvalue weighted by Gasteiger charge is -2.32. The van der Waals surface area contributed by atoms with E-state index in [1.807, 2.05) is 36.0 Å². The van der Waals surface area contributed by atoms with E-state index in [0.717, 1.165) is 24.9 Å². The number of nitrogens with zero attached hydrogens (tertiary/aromatic N) is 1. The maximum absolute atomic E-state index is 10.5. The third-order valence-corrected chi connectivity index (χ3v) is 3.77. The standard InChI is InChI=1S/C12H15NOS/c1-10-8-13(6-7-15-10)12-4-2-11(9-14)3-5-12/h2-5,9-10H,6-8H2,1H3. The van der Waals surface area contributed by atoms with Crippen LogP contribution >= 0.6 is 11.8 Å². The minimum absolute atomic E-state index is 0.699. The summed E-state index contributed by atoms with van der Waals surface area (Å²) in [4.78, 5) is 12.9. The van der Waals surface area contributed by atoms with E-state index in [-0.39, 0.29) is 0 Å². The molecule has 0 N–H and O–H groups in total. The van der Waals surface area contributed by atoms with E-state index in [1.165, 1.54) is 11.4 Å². The van der Waals surface area contributed by atoms with Gasteiger partial charge in [-0.05, 0) is 24.3 Å². The molecule has 1 aromatic carbocycles. The zero-order valence-electron chi connectivity index (χ0n) is 8.85. The van der Waals surface area contributed by atoms with E-state index < -0.39 is 0 Å². The van der Waals surface area contributed by atoms with Crippen molar-refractivity contribution in [1.29, 1.82) is 0 Å². The third kappa shape index (κ3) is 2.53. The van der Waals surface area contributed by atoms with Crippen LogP contribution in [0.2, 0.25) is 0 Å². The summed E-state index contributed by atoms with van der Waals surface area (Å²) in [5, 5.41) is 0.699. The second kappa shape index (κ2) is 4.71. The first-order chi connectivity index (χ1) is 7.29. The van der Waals surface area contributed by atoms with Crippen LogP contribution < -0.4 is 4.90 Å². The number of carbonyl (C=O) groups excluding carboxylic acids is 1. The first-order valence-electron chi connectivity index (χ1n) is 5.21. The van der Waals surface area contributed by atoms with Gasteiger partial charge in [0.25, 0.3) is 0 Å². The lowest BCUT2D eigenvalue weighted by molar-refractivity contribution is 0.112. The molecule has 1 unspecified atom stereocenters. The van der Waals surface area contributed by atoms with Gasteiger partial charge in [0.05, 0.1) is 0 Å². The number of aldehydes is 1. The quantitative estimate of drug-likeness (QED) is 0.715. The van der Waals surface area contributed by atoms with Crippen molar-refractivity contribution >= 4 is 23.7 Å². The highest BCUT2D eigenvalue weighted by Crippen LogP contribution is 2.23. The Bertz CT molecular complexity index is 336. The molecule has 2 rings (SSSR count). The second-order valence-corrected chi connectivity index (χ2v) is 5.38. The Morgan fingerprint density at radius 2 is 2.13 bits per heavy atom. The Labute approximate surface area is 94.7 Å². The van der Waals surface area contributed by atoms with Crippen molar-refractivity contribution in [2.24, 2.45) is 0 Å². The average Bonchev–Trinajstić information content (AvgIpc) is 2.29. The molecule has 1 aliphatic rings. The fourth-order valence-electron chi connectivity index (χ4n) is 1.82. The normalized spacial score (nSPS) is 21.4. The molecule has 1 heterocycles. The molecule has 15 heavy (non-hydrogen) atoms. The SMILES string of the molecule is CC1CN(c2ccc(C=O)cc2)CCS1. The van der Waals surface area contributed by atoms with Gasteiger partial charge >= 0.3 is 0 Å². The van der Waals surface area contributed by atoms with Gasteiger partial charge in [0, 0.05) is 35.3 Å². The van der Waals surface area contributed by atoms with Crippen molar-refractivity contribution in [2.45, 2.75) is 12.2 Å². The van der Waals surface area contributed by atoms with E-state index in [4.69, 9.17) is 0 Å². The molecule has 0 amide bonds. The zero-order valence-corrected chi connectivity index (χ0v) is 9.67. The molecule has 0 bridgehead atoms. The summed E-state index contributed by atoms with van der Waals surface area (Å²) in [6, 6.07) is 7.84. The van der Waals surface area contributed by atoms with Gasteiger partial charge in [-0.1, -0.05) is 6.92 Å². The number of hydrogen-bond acceptors (Lipinski definition) is 3. The molecule has 80 valence electrons. The van der Waals surface area contributed by atoms with Crippen LogP contribution in [0.4, 0.5) is 5.69 Å². The number of rotatable bonds is 2. The minimum atomic E-state index is 0.699. The molecule has 0 spiro atoms. The summed E-state index contributed by atoms with van der Waals surface area (Å²) in [6.07, 6.45) is 0.887. The van der Waals surface area contributed by atoms with Crippen LogP contribution in [-0.4, -0.2) is 30.4 Å². The number of benzene rings is 1. The number of hydrogen-bond donors (Lipinski definition) is 0. The van der Waals surface area contributed by atoms with Gasteiger partial charge in [0.1, 0.15) is 6.29 Å². The largest absolute Gasteiger partial charge is 0.370 e. The average molecular weight is 221 g/mol. The predicted molar refractivity (Wildman–Crippen MR) is 66.0 cm³/mol. The number of thioether (sulfide) groups is 1. The Morgan fingerprint density at radius 3 is 2.73 bits per heavy atom. The van der Waals surface area contributed by atoms with E-state index in [0.29, 0.717) is 5.25 Å². The third-order valence-electron chi connectivity index (χ3n) is 2.64. The highest BCUT2D eigenvalue weighted by Gasteiger charge is 2.16. The van der Waals surface area contributed by atoms with Gasteiger partial charge in [-0.3, -0.25) is 4.79 Å². The first-order valence-corrected chi connectivity index (χ1v) is 6.26. The molecule has 0 radical (unpaired) electrons. The molecule has 0 aliphatic carbocycles. The van der Waals surface area contributed by atoms with Crippen molar-refractivity contribution < 1.29 is 4.79 Å². The van der Waals surface area contributed by atoms with Gasteiger partial charge in [-0.15, -0.1) is 0 Å². The molecule has 1 atom stereocenters. The van der Waals surface area contributed by atoms with Crippen molar-refractivity contribution in [1.82, 2.24) is 0 Å². The lowest BCUT2D eigenvalue weighted by atomic mass is 10.2. The van der Waals surface area contributed by atoms with Crippen LogP contribution in [0.25, 0.3) is 0 Å². The maximum atomic E-state index is 10.5. The number of anilines is 1. The van der Waals surface area contributed by atoms with Crippen LogP contribution in [0.15, 0.2) is 24.3 Å². The fourth-order valence-corrected chi connectivity index (χ4v) is 2.83. The monoisotopic (exact) mass is 221 g/mol. The molecule has 2 nitrogen and oxygen atoms in total. The molecule has 1 aromatic rings. The topological polar surface area (TPSA) is 20.3 Å². The molecule has 1 saturated heterocycles. The second-order valence-electron chi connectivity index (χ2n) is 3.84. The van der Waals surface area contributed by atoms with Crippen LogP contribution in [0, 0.1) is 0 Å². The van der Waals surface area contributed by atoms with Gasteiger partial charge in [0.2, 0.25) is 0 Å². The smallest absolute Gasteiger partial charge is 0.150 e. The lowest BCUT2D eigenvalue weighted by Crippen LogP contribution is -2.36. The van der Waals surface area contributed by atoms with Crippen LogP contribution in [-0.2, 0) is 0 Å². The summed E-state index contributed by atoms with van der Waals surface area (Å²) in [5.41, 5.74) is 1.98. The van der Waals surface area contributed by atoms with E-state index in [2.05, 4.69) is 11.8 Å². The van der Waals surface area contributed by atoms with Crippen LogP contribution in [0.3, 0.4) is 0 Å². The van der Waals surface area contributed by atoms with E-state index in [9.17, 15) is 4.79 Å². The predicted octanol–water partition coefficient (Wildman–Crippen LogP) is 2.44. The van der Waals surface area contributed by atoms with Gasteiger partial charge in [-0.2, -0.15) is 11.8 Å². The highest BCUT2D eigenvalue weighted by molar-refractivity contribution is 8.00. The van der Waals surface area contributed by atoms with Crippen molar-refractivity contribution in [3.8, 4) is 0 Å². The number of carbonyl (C=O) groups is 1. The van der Waals surface area contributed by atoms with E-state index >= 15 is 0 Å². The summed E-state index contributed by atoms with van der Waals surface area (Å²) < 4.78 is 0. The van der Waals surface area contributed by atoms with Crippen LogP contribution in [0.5, 0.6) is 0 Å². The van der Waals surface area contributed by atoms with Crippen molar-refractivity contribution in [2.75, 3.05) is 23.7 Å². The summed E-state index contributed by atoms with van der Waals surface area (Å²) in [5.74, 6) is 1.19.